The third-order valence-electron chi connectivity index (χ3n) is 4.99. The highest BCUT2D eigenvalue weighted by Crippen LogP contribution is 2.21. The van der Waals surface area contributed by atoms with Crippen LogP contribution in [0.3, 0.4) is 0 Å². The zero-order chi connectivity index (χ0) is 21.0. The predicted molar refractivity (Wildman–Crippen MR) is 116 cm³/mol. The van der Waals surface area contributed by atoms with E-state index >= 15 is 0 Å². The molecule has 0 unspecified atom stereocenters. The summed E-state index contributed by atoms with van der Waals surface area (Å²) in [6, 6.07) is 14.4. The van der Waals surface area contributed by atoms with E-state index in [-0.39, 0.29) is 17.7 Å². The molecule has 0 saturated heterocycles. The summed E-state index contributed by atoms with van der Waals surface area (Å²) in [6.07, 6.45) is 0. The Morgan fingerprint density at radius 1 is 1.03 bits per heavy atom. The lowest BCUT2D eigenvalue weighted by Crippen LogP contribution is -2.28. The van der Waals surface area contributed by atoms with Gasteiger partial charge in [-0.15, -0.1) is 5.10 Å². The zero-order valence-corrected chi connectivity index (χ0v) is 18.3. The van der Waals surface area contributed by atoms with E-state index in [0.29, 0.717) is 11.1 Å². The first-order valence-electron chi connectivity index (χ1n) is 9.73. The lowest BCUT2D eigenvalue weighted by molar-refractivity contribution is -0.119. The number of hydrogen-bond acceptors (Lipinski definition) is 5. The summed E-state index contributed by atoms with van der Waals surface area (Å²) in [5.41, 5.74) is 5.71. The molecule has 7 heteroatoms. The number of aryl methyl sites for hydroxylation is 2. The van der Waals surface area contributed by atoms with Crippen LogP contribution < -0.4 is 5.32 Å². The van der Waals surface area contributed by atoms with Crippen molar-refractivity contribution >= 4 is 17.7 Å². The van der Waals surface area contributed by atoms with Crippen molar-refractivity contribution in [3.05, 3.63) is 64.7 Å². The minimum atomic E-state index is -0.0537. The molecule has 152 valence electrons. The van der Waals surface area contributed by atoms with Crippen molar-refractivity contribution in [2.75, 3.05) is 5.75 Å². The van der Waals surface area contributed by atoms with Gasteiger partial charge in [-0.2, -0.15) is 4.68 Å². The van der Waals surface area contributed by atoms with Crippen LogP contribution in [-0.2, 0) is 4.79 Å². The number of amides is 1. The topological polar surface area (TPSA) is 72.7 Å². The van der Waals surface area contributed by atoms with E-state index in [4.69, 9.17) is 0 Å². The molecule has 0 saturated carbocycles. The third kappa shape index (κ3) is 5.23. The summed E-state index contributed by atoms with van der Waals surface area (Å²) in [5, 5.41) is 15.5. The first-order chi connectivity index (χ1) is 13.8. The molecule has 1 N–H and O–H groups in total. The van der Waals surface area contributed by atoms with E-state index in [9.17, 15) is 4.79 Å². The zero-order valence-electron chi connectivity index (χ0n) is 17.5. The molecule has 1 atom stereocenters. The molecular weight excluding hydrogens is 382 g/mol. The maximum absolute atomic E-state index is 12.4. The second kappa shape index (κ2) is 9.22. The maximum Gasteiger partial charge on any atom is 0.230 e. The fourth-order valence-corrected chi connectivity index (χ4v) is 3.66. The van der Waals surface area contributed by atoms with Crippen molar-refractivity contribution in [1.29, 1.82) is 0 Å². The first-order valence-corrected chi connectivity index (χ1v) is 10.7. The SMILES string of the molecule is Cc1ccc([C@@H](C)NC(=O)CSc2nnnn2-c2ccc(C(C)C)cc2)cc1C. The van der Waals surface area contributed by atoms with Crippen LogP contribution in [-0.4, -0.2) is 31.9 Å². The van der Waals surface area contributed by atoms with Gasteiger partial charge in [0.1, 0.15) is 0 Å². The highest BCUT2D eigenvalue weighted by molar-refractivity contribution is 7.99. The highest BCUT2D eigenvalue weighted by atomic mass is 32.2. The molecule has 6 nitrogen and oxygen atoms in total. The van der Waals surface area contributed by atoms with Crippen LogP contribution in [0.1, 0.15) is 55.0 Å². The molecule has 29 heavy (non-hydrogen) atoms. The van der Waals surface area contributed by atoms with Crippen LogP contribution in [0.15, 0.2) is 47.6 Å². The molecule has 1 aromatic heterocycles. The molecule has 3 aromatic rings. The van der Waals surface area contributed by atoms with Crippen LogP contribution in [0.2, 0.25) is 0 Å². The van der Waals surface area contributed by atoms with Gasteiger partial charge >= 0.3 is 0 Å². The number of carbonyl (C=O) groups is 1. The van der Waals surface area contributed by atoms with Gasteiger partial charge in [0.25, 0.3) is 0 Å². The number of hydrogen-bond donors (Lipinski definition) is 1. The molecule has 1 heterocycles. The number of nitrogens with zero attached hydrogens (tertiary/aromatic N) is 4. The monoisotopic (exact) mass is 409 g/mol. The van der Waals surface area contributed by atoms with Crippen LogP contribution in [0, 0.1) is 13.8 Å². The van der Waals surface area contributed by atoms with Gasteiger partial charge in [0.15, 0.2) is 0 Å². The van der Waals surface area contributed by atoms with Gasteiger partial charge in [-0.3, -0.25) is 4.79 Å². The molecule has 0 spiro atoms. The molecule has 3 rings (SSSR count). The fraction of sp³-hybridized carbons (Fsp3) is 0.364. The second-order valence-electron chi connectivity index (χ2n) is 7.54. The summed E-state index contributed by atoms with van der Waals surface area (Å²) >= 11 is 1.32. The van der Waals surface area contributed by atoms with Crippen LogP contribution in [0.5, 0.6) is 0 Å². The average Bonchev–Trinajstić information content (AvgIpc) is 3.17. The van der Waals surface area contributed by atoms with Gasteiger partial charge in [0.2, 0.25) is 11.1 Å². The van der Waals surface area contributed by atoms with E-state index in [1.807, 2.05) is 19.1 Å². The van der Waals surface area contributed by atoms with Crippen molar-refractivity contribution in [3.63, 3.8) is 0 Å². The second-order valence-corrected chi connectivity index (χ2v) is 8.48. The Bertz CT molecular complexity index is 981. The first kappa shape index (κ1) is 21.0. The predicted octanol–water partition coefficient (Wildman–Crippen LogP) is 4.37. The number of thioether (sulfide) groups is 1. The van der Waals surface area contributed by atoms with E-state index in [0.717, 1.165) is 11.3 Å². The van der Waals surface area contributed by atoms with Gasteiger partial charge in [0.05, 0.1) is 17.5 Å². The number of rotatable bonds is 7. The minimum absolute atomic E-state index is 0.0505. The molecular formula is C22H27N5OS. The van der Waals surface area contributed by atoms with Crippen molar-refractivity contribution < 1.29 is 4.79 Å². The van der Waals surface area contributed by atoms with E-state index in [2.05, 4.69) is 78.9 Å². The Kier molecular flexibility index (Phi) is 6.69. The standard InChI is InChI=1S/C22H27N5OS/c1-14(2)18-8-10-20(11-9-18)27-22(24-25-26-27)29-13-21(28)23-17(5)19-7-6-15(3)16(4)12-19/h6-12,14,17H,13H2,1-5H3,(H,23,28)/t17-/m1/s1. The Hall–Kier alpha value is -2.67. The minimum Gasteiger partial charge on any atom is -0.349 e. The van der Waals surface area contributed by atoms with Crippen molar-refractivity contribution in [1.82, 2.24) is 25.5 Å². The molecule has 0 aliphatic heterocycles. The Morgan fingerprint density at radius 3 is 2.38 bits per heavy atom. The normalized spacial score (nSPS) is 12.2. The van der Waals surface area contributed by atoms with Gasteiger partial charge in [0, 0.05) is 0 Å². The number of nitrogens with one attached hydrogen (secondary N) is 1. The van der Waals surface area contributed by atoms with E-state index in [1.165, 1.54) is 28.5 Å². The Labute approximate surface area is 176 Å². The van der Waals surface area contributed by atoms with Gasteiger partial charge in [-0.1, -0.05) is 55.9 Å². The van der Waals surface area contributed by atoms with Crippen molar-refractivity contribution in [2.45, 2.75) is 51.7 Å². The summed E-state index contributed by atoms with van der Waals surface area (Å²) in [7, 11) is 0. The highest BCUT2D eigenvalue weighted by Gasteiger charge is 2.14. The molecule has 1 amide bonds. The van der Waals surface area contributed by atoms with Gasteiger partial charge in [-0.25, -0.2) is 0 Å². The quantitative estimate of drug-likeness (QED) is 0.587. The van der Waals surface area contributed by atoms with Crippen LogP contribution in [0.25, 0.3) is 5.69 Å². The molecule has 0 fully saturated rings. The number of carbonyl (C=O) groups excluding carboxylic acids is 1. The third-order valence-corrected chi connectivity index (χ3v) is 5.91. The lowest BCUT2D eigenvalue weighted by atomic mass is 10.0. The molecule has 0 aliphatic rings. The molecule has 0 bridgehead atoms. The number of aromatic nitrogens is 4. The summed E-state index contributed by atoms with van der Waals surface area (Å²) in [5.74, 6) is 0.666. The van der Waals surface area contributed by atoms with Crippen molar-refractivity contribution in [2.24, 2.45) is 0 Å². The van der Waals surface area contributed by atoms with Crippen LogP contribution >= 0.6 is 11.8 Å². The van der Waals surface area contributed by atoms with E-state index < -0.39 is 0 Å². The molecule has 0 aliphatic carbocycles. The fourth-order valence-electron chi connectivity index (χ4n) is 2.96. The number of tetrazole rings is 1. The van der Waals surface area contributed by atoms with Crippen molar-refractivity contribution in [3.8, 4) is 5.69 Å². The van der Waals surface area contributed by atoms with Crippen LogP contribution in [0.4, 0.5) is 0 Å². The summed E-state index contributed by atoms with van der Waals surface area (Å²) in [4.78, 5) is 12.4. The average molecular weight is 410 g/mol. The largest absolute Gasteiger partial charge is 0.349 e. The molecule has 0 radical (unpaired) electrons. The smallest absolute Gasteiger partial charge is 0.230 e. The van der Waals surface area contributed by atoms with E-state index in [1.54, 1.807) is 4.68 Å². The number of benzene rings is 2. The summed E-state index contributed by atoms with van der Waals surface area (Å²) < 4.78 is 1.66. The van der Waals surface area contributed by atoms with Gasteiger partial charge < -0.3 is 5.32 Å². The lowest BCUT2D eigenvalue weighted by Gasteiger charge is -2.15. The van der Waals surface area contributed by atoms with Gasteiger partial charge in [-0.05, 0) is 71.5 Å². The maximum atomic E-state index is 12.4. The summed E-state index contributed by atoms with van der Waals surface area (Å²) in [6.45, 7) is 10.5. The Morgan fingerprint density at radius 2 is 1.72 bits per heavy atom. The molecule has 2 aromatic carbocycles. The Balaban J connectivity index is 1.61.